The molecule has 0 unspecified atom stereocenters. The molecule has 0 radical (unpaired) electrons. The molecule has 2 amide bonds. The molecular formula is C18H23N3O3. The van der Waals surface area contributed by atoms with Gasteiger partial charge in [-0.3, -0.25) is 9.59 Å². The SMILES string of the molecule is COc1ccc(CN2C[C@@H](C(=O)N(C)C[C@H](C)C#N)CC2=O)cc1. The molecule has 6 nitrogen and oxygen atoms in total. The fourth-order valence-corrected chi connectivity index (χ4v) is 2.90. The van der Waals surface area contributed by atoms with Crippen molar-refractivity contribution in [3.63, 3.8) is 0 Å². The second-order valence-electron chi connectivity index (χ2n) is 6.27. The van der Waals surface area contributed by atoms with Crippen molar-refractivity contribution < 1.29 is 14.3 Å². The van der Waals surface area contributed by atoms with Gasteiger partial charge in [0.05, 0.1) is 25.0 Å². The molecular weight excluding hydrogens is 306 g/mol. The zero-order chi connectivity index (χ0) is 17.7. The third-order valence-electron chi connectivity index (χ3n) is 4.24. The Hall–Kier alpha value is -2.55. The topological polar surface area (TPSA) is 73.6 Å². The monoisotopic (exact) mass is 329 g/mol. The molecule has 1 aliphatic heterocycles. The number of amides is 2. The van der Waals surface area contributed by atoms with Gasteiger partial charge >= 0.3 is 0 Å². The van der Waals surface area contributed by atoms with Gasteiger partial charge in [0.15, 0.2) is 0 Å². The highest BCUT2D eigenvalue weighted by Crippen LogP contribution is 2.23. The molecule has 128 valence electrons. The van der Waals surface area contributed by atoms with Crippen LogP contribution in [0.1, 0.15) is 18.9 Å². The van der Waals surface area contributed by atoms with E-state index in [4.69, 9.17) is 10.00 Å². The molecule has 0 N–H and O–H groups in total. The second kappa shape index (κ2) is 7.82. The van der Waals surface area contributed by atoms with Gasteiger partial charge in [0, 0.05) is 33.1 Å². The molecule has 1 heterocycles. The van der Waals surface area contributed by atoms with Crippen LogP contribution >= 0.6 is 0 Å². The Balaban J connectivity index is 1.94. The molecule has 0 saturated carbocycles. The van der Waals surface area contributed by atoms with Crippen molar-refractivity contribution in [2.24, 2.45) is 11.8 Å². The molecule has 1 aromatic carbocycles. The zero-order valence-corrected chi connectivity index (χ0v) is 14.4. The van der Waals surface area contributed by atoms with E-state index in [1.54, 1.807) is 30.9 Å². The average Bonchev–Trinajstić information content (AvgIpc) is 2.95. The highest BCUT2D eigenvalue weighted by atomic mass is 16.5. The zero-order valence-electron chi connectivity index (χ0n) is 14.4. The van der Waals surface area contributed by atoms with Crippen LogP contribution in [0.3, 0.4) is 0 Å². The molecule has 1 aromatic rings. The van der Waals surface area contributed by atoms with Gasteiger partial charge in [-0.05, 0) is 24.6 Å². The Morgan fingerprint density at radius 3 is 2.71 bits per heavy atom. The highest BCUT2D eigenvalue weighted by molar-refractivity contribution is 5.89. The largest absolute Gasteiger partial charge is 0.497 e. The van der Waals surface area contributed by atoms with E-state index in [-0.39, 0.29) is 30.1 Å². The first-order chi connectivity index (χ1) is 11.4. The van der Waals surface area contributed by atoms with Gasteiger partial charge in [-0.2, -0.15) is 5.26 Å². The van der Waals surface area contributed by atoms with Crippen molar-refractivity contribution in [3.8, 4) is 11.8 Å². The van der Waals surface area contributed by atoms with Crippen LogP contribution < -0.4 is 4.74 Å². The first-order valence-electron chi connectivity index (χ1n) is 8.00. The van der Waals surface area contributed by atoms with Gasteiger partial charge in [-0.1, -0.05) is 12.1 Å². The van der Waals surface area contributed by atoms with E-state index in [1.165, 1.54) is 0 Å². The summed E-state index contributed by atoms with van der Waals surface area (Å²) in [7, 11) is 3.30. The normalized spacial score (nSPS) is 18.2. The number of nitriles is 1. The summed E-state index contributed by atoms with van der Waals surface area (Å²) < 4.78 is 5.12. The van der Waals surface area contributed by atoms with Gasteiger partial charge in [0.2, 0.25) is 11.8 Å². The minimum absolute atomic E-state index is 0.00843. The van der Waals surface area contributed by atoms with Crippen LogP contribution in [0.4, 0.5) is 0 Å². The molecule has 1 aliphatic rings. The fraction of sp³-hybridized carbons (Fsp3) is 0.500. The molecule has 0 bridgehead atoms. The number of carbonyl (C=O) groups excluding carboxylic acids is 2. The Morgan fingerprint density at radius 2 is 2.12 bits per heavy atom. The van der Waals surface area contributed by atoms with E-state index in [0.29, 0.717) is 19.6 Å². The van der Waals surface area contributed by atoms with Crippen molar-refractivity contribution in [2.75, 3.05) is 27.2 Å². The maximum atomic E-state index is 12.4. The standard InChI is InChI=1S/C18H23N3O3/c1-13(9-19)10-20(2)18(23)15-8-17(22)21(12-15)11-14-4-6-16(24-3)7-5-14/h4-7,13,15H,8,10-12H2,1-3H3/t13-,15+/m1/s1. The number of methoxy groups -OCH3 is 1. The van der Waals surface area contributed by atoms with Crippen LogP contribution in [0.5, 0.6) is 5.75 Å². The van der Waals surface area contributed by atoms with Crippen LogP contribution in [-0.4, -0.2) is 48.9 Å². The van der Waals surface area contributed by atoms with E-state index in [1.807, 2.05) is 24.3 Å². The number of benzene rings is 1. The van der Waals surface area contributed by atoms with Crippen molar-refractivity contribution in [3.05, 3.63) is 29.8 Å². The maximum Gasteiger partial charge on any atom is 0.227 e. The van der Waals surface area contributed by atoms with E-state index >= 15 is 0 Å². The van der Waals surface area contributed by atoms with Crippen LogP contribution in [0.2, 0.25) is 0 Å². The lowest BCUT2D eigenvalue weighted by Crippen LogP contribution is -2.36. The number of ether oxygens (including phenoxy) is 1. The molecule has 2 rings (SSSR count). The van der Waals surface area contributed by atoms with Crippen LogP contribution in [0.25, 0.3) is 0 Å². The molecule has 1 saturated heterocycles. The maximum absolute atomic E-state index is 12.4. The van der Waals surface area contributed by atoms with E-state index < -0.39 is 0 Å². The number of rotatable bonds is 6. The predicted octanol–water partition coefficient (Wildman–Crippen LogP) is 1.66. The Labute approximate surface area is 142 Å². The van der Waals surface area contributed by atoms with E-state index in [9.17, 15) is 9.59 Å². The first kappa shape index (κ1) is 17.8. The quantitative estimate of drug-likeness (QED) is 0.795. The summed E-state index contributed by atoms with van der Waals surface area (Å²) in [6.07, 6.45) is 0.236. The van der Waals surface area contributed by atoms with Gasteiger partial charge < -0.3 is 14.5 Å². The van der Waals surface area contributed by atoms with Crippen LogP contribution in [0, 0.1) is 23.2 Å². The molecule has 2 atom stereocenters. The van der Waals surface area contributed by atoms with Crippen molar-refractivity contribution in [1.82, 2.24) is 9.80 Å². The lowest BCUT2D eigenvalue weighted by atomic mass is 10.1. The molecule has 1 fully saturated rings. The van der Waals surface area contributed by atoms with Crippen molar-refractivity contribution >= 4 is 11.8 Å². The number of hydrogen-bond acceptors (Lipinski definition) is 4. The summed E-state index contributed by atoms with van der Waals surface area (Å²) in [6.45, 7) is 3.08. The van der Waals surface area contributed by atoms with E-state index in [0.717, 1.165) is 11.3 Å². The third kappa shape index (κ3) is 4.25. The third-order valence-corrected chi connectivity index (χ3v) is 4.24. The first-order valence-corrected chi connectivity index (χ1v) is 8.00. The summed E-state index contributed by atoms with van der Waals surface area (Å²) in [6, 6.07) is 9.67. The molecule has 0 spiro atoms. The fourth-order valence-electron chi connectivity index (χ4n) is 2.90. The van der Waals surface area contributed by atoms with Crippen molar-refractivity contribution in [1.29, 1.82) is 5.26 Å². The highest BCUT2D eigenvalue weighted by Gasteiger charge is 2.35. The Morgan fingerprint density at radius 1 is 1.46 bits per heavy atom. The number of nitrogens with zero attached hydrogens (tertiary/aromatic N) is 3. The minimum atomic E-state index is -0.327. The van der Waals surface area contributed by atoms with Crippen LogP contribution in [-0.2, 0) is 16.1 Å². The molecule has 0 aliphatic carbocycles. The molecule has 24 heavy (non-hydrogen) atoms. The Kier molecular flexibility index (Phi) is 5.80. The summed E-state index contributed by atoms with van der Waals surface area (Å²) in [5.74, 6) is 0.152. The van der Waals surface area contributed by atoms with Gasteiger partial charge in [-0.15, -0.1) is 0 Å². The summed E-state index contributed by atoms with van der Waals surface area (Å²) in [5.41, 5.74) is 1.00. The lowest BCUT2D eigenvalue weighted by Gasteiger charge is -2.22. The Bertz CT molecular complexity index is 636. The van der Waals surface area contributed by atoms with Gasteiger partial charge in [0.25, 0.3) is 0 Å². The smallest absolute Gasteiger partial charge is 0.227 e. The number of carbonyl (C=O) groups is 2. The molecule has 6 heteroatoms. The number of likely N-dealkylation sites (tertiary alicyclic amines) is 1. The second-order valence-corrected chi connectivity index (χ2v) is 6.27. The summed E-state index contributed by atoms with van der Waals surface area (Å²) in [4.78, 5) is 27.9. The van der Waals surface area contributed by atoms with Gasteiger partial charge in [-0.25, -0.2) is 0 Å². The average molecular weight is 329 g/mol. The van der Waals surface area contributed by atoms with Gasteiger partial charge in [0.1, 0.15) is 5.75 Å². The number of hydrogen-bond donors (Lipinski definition) is 0. The minimum Gasteiger partial charge on any atom is -0.497 e. The lowest BCUT2D eigenvalue weighted by molar-refractivity contribution is -0.134. The van der Waals surface area contributed by atoms with E-state index in [2.05, 4.69) is 6.07 Å². The predicted molar refractivity (Wildman–Crippen MR) is 88.9 cm³/mol. The van der Waals surface area contributed by atoms with Crippen molar-refractivity contribution in [2.45, 2.75) is 19.9 Å². The molecule has 0 aromatic heterocycles. The van der Waals surface area contributed by atoms with Crippen LogP contribution in [0.15, 0.2) is 24.3 Å². The summed E-state index contributed by atoms with van der Waals surface area (Å²) >= 11 is 0. The summed E-state index contributed by atoms with van der Waals surface area (Å²) in [5, 5.41) is 8.86.